The Morgan fingerprint density at radius 1 is 1.41 bits per heavy atom. The summed E-state index contributed by atoms with van der Waals surface area (Å²) in [5.41, 5.74) is 4.05. The minimum Gasteiger partial charge on any atom is -0.348 e. The molecule has 2 N–H and O–H groups in total. The zero-order chi connectivity index (χ0) is 15.1. The predicted molar refractivity (Wildman–Crippen MR) is 80.0 cm³/mol. The molecule has 0 spiro atoms. The molecule has 116 valence electrons. The molecular weight excluding hydrogens is 280 g/mol. The van der Waals surface area contributed by atoms with Crippen molar-refractivity contribution in [3.63, 3.8) is 0 Å². The summed E-state index contributed by atoms with van der Waals surface area (Å²) in [4.78, 5) is 22.4. The molecule has 22 heavy (non-hydrogen) atoms. The molecule has 0 fully saturated rings. The van der Waals surface area contributed by atoms with Gasteiger partial charge >= 0.3 is 0 Å². The van der Waals surface area contributed by atoms with Gasteiger partial charge in [0, 0.05) is 31.7 Å². The van der Waals surface area contributed by atoms with Gasteiger partial charge in [-0.15, -0.1) is 0 Å². The average molecular weight is 300 g/mol. The topological polar surface area (TPSA) is 78.8 Å². The Morgan fingerprint density at radius 2 is 2.32 bits per heavy atom. The first kappa shape index (κ1) is 13.5. The number of aryl methyl sites for hydroxylation is 2. The summed E-state index contributed by atoms with van der Waals surface area (Å²) < 4.78 is 2.02. The van der Waals surface area contributed by atoms with Gasteiger partial charge < -0.3 is 15.2 Å². The van der Waals surface area contributed by atoms with E-state index < -0.39 is 0 Å². The number of amides is 1. The van der Waals surface area contributed by atoms with Crippen LogP contribution in [-0.4, -0.2) is 43.6 Å². The average Bonchev–Trinajstić information content (AvgIpc) is 3.07. The second-order valence-corrected chi connectivity index (χ2v) is 6.02. The molecule has 2 aliphatic heterocycles. The van der Waals surface area contributed by atoms with E-state index >= 15 is 0 Å². The molecule has 7 heteroatoms. The molecule has 0 saturated carbocycles. The third kappa shape index (κ3) is 2.21. The van der Waals surface area contributed by atoms with Gasteiger partial charge in [-0.3, -0.25) is 9.48 Å². The summed E-state index contributed by atoms with van der Waals surface area (Å²) in [6, 6.07) is 1.74. The molecule has 7 nitrogen and oxygen atoms in total. The SMILES string of the molecule is Cc1cc2n(n1)CCCN(C(=O)[C@H]1NCCc3[nH]cnc31)C2. The first-order valence-electron chi connectivity index (χ1n) is 7.80. The van der Waals surface area contributed by atoms with Crippen LogP contribution in [0.5, 0.6) is 0 Å². The van der Waals surface area contributed by atoms with Crippen molar-refractivity contribution in [1.82, 2.24) is 30.0 Å². The maximum Gasteiger partial charge on any atom is 0.246 e. The fraction of sp³-hybridized carbons (Fsp3) is 0.533. The summed E-state index contributed by atoms with van der Waals surface area (Å²) in [5.74, 6) is 0.111. The van der Waals surface area contributed by atoms with Gasteiger partial charge in [-0.1, -0.05) is 0 Å². The van der Waals surface area contributed by atoms with Crippen molar-refractivity contribution in [2.24, 2.45) is 0 Å². The van der Waals surface area contributed by atoms with Crippen LogP contribution in [-0.2, 0) is 24.3 Å². The second-order valence-electron chi connectivity index (χ2n) is 6.02. The minimum atomic E-state index is -0.328. The van der Waals surface area contributed by atoms with Gasteiger partial charge in [-0.25, -0.2) is 4.98 Å². The van der Waals surface area contributed by atoms with Crippen LogP contribution >= 0.6 is 0 Å². The lowest BCUT2D eigenvalue weighted by molar-refractivity contribution is -0.134. The molecule has 1 atom stereocenters. The number of imidazole rings is 1. The highest BCUT2D eigenvalue weighted by Crippen LogP contribution is 2.23. The molecule has 0 unspecified atom stereocenters. The summed E-state index contributed by atoms with van der Waals surface area (Å²) in [6.07, 6.45) is 3.50. The van der Waals surface area contributed by atoms with E-state index in [-0.39, 0.29) is 11.9 Å². The van der Waals surface area contributed by atoms with Crippen LogP contribution in [0.4, 0.5) is 0 Å². The highest BCUT2D eigenvalue weighted by atomic mass is 16.2. The number of hydrogen-bond donors (Lipinski definition) is 2. The summed E-state index contributed by atoms with van der Waals surface area (Å²) in [7, 11) is 0. The number of hydrogen-bond acceptors (Lipinski definition) is 4. The summed E-state index contributed by atoms with van der Waals surface area (Å²) >= 11 is 0. The van der Waals surface area contributed by atoms with Gasteiger partial charge in [0.1, 0.15) is 6.04 Å². The van der Waals surface area contributed by atoms with Gasteiger partial charge in [0.25, 0.3) is 0 Å². The van der Waals surface area contributed by atoms with Crippen molar-refractivity contribution in [2.45, 2.75) is 38.9 Å². The lowest BCUT2D eigenvalue weighted by Crippen LogP contribution is -2.43. The van der Waals surface area contributed by atoms with E-state index in [4.69, 9.17) is 0 Å². The highest BCUT2D eigenvalue weighted by Gasteiger charge is 2.32. The Hall–Kier alpha value is -2.15. The van der Waals surface area contributed by atoms with Crippen molar-refractivity contribution >= 4 is 5.91 Å². The van der Waals surface area contributed by atoms with Gasteiger partial charge in [0.05, 0.1) is 30.0 Å². The Morgan fingerprint density at radius 3 is 3.23 bits per heavy atom. The van der Waals surface area contributed by atoms with Crippen LogP contribution in [0.2, 0.25) is 0 Å². The standard InChI is InChI=1S/C15H20N6O/c1-10-7-11-8-20(5-2-6-21(11)19-10)15(22)14-13-12(3-4-16-14)17-9-18-13/h7,9,14,16H,2-6,8H2,1H3,(H,17,18)/t14-/m0/s1. The van der Waals surface area contributed by atoms with Gasteiger partial charge in [0.15, 0.2) is 0 Å². The normalized spacial score (nSPS) is 21.1. The first-order chi connectivity index (χ1) is 10.7. The van der Waals surface area contributed by atoms with Crippen LogP contribution in [0.3, 0.4) is 0 Å². The zero-order valence-electron chi connectivity index (χ0n) is 12.7. The Labute approximate surface area is 128 Å². The second kappa shape index (κ2) is 5.24. The Kier molecular flexibility index (Phi) is 3.22. The Balaban J connectivity index is 1.59. The molecule has 0 aromatic carbocycles. The number of H-pyrrole nitrogens is 1. The van der Waals surface area contributed by atoms with Gasteiger partial charge in [-0.05, 0) is 19.4 Å². The molecule has 4 heterocycles. The summed E-state index contributed by atoms with van der Waals surface area (Å²) in [5, 5.41) is 7.80. The van der Waals surface area contributed by atoms with Crippen molar-refractivity contribution in [1.29, 1.82) is 0 Å². The summed E-state index contributed by atoms with van der Waals surface area (Å²) in [6.45, 7) is 5.05. The molecule has 0 bridgehead atoms. The van der Waals surface area contributed by atoms with E-state index in [0.29, 0.717) is 6.54 Å². The molecule has 1 amide bonds. The number of aromatic amines is 1. The minimum absolute atomic E-state index is 0.111. The third-order valence-corrected chi connectivity index (χ3v) is 4.44. The zero-order valence-corrected chi connectivity index (χ0v) is 12.7. The van der Waals surface area contributed by atoms with Crippen molar-refractivity contribution in [2.75, 3.05) is 13.1 Å². The number of fused-ring (bicyclic) bond motifs is 2. The molecule has 0 radical (unpaired) electrons. The quantitative estimate of drug-likeness (QED) is 0.805. The Bertz CT molecular complexity index is 703. The van der Waals surface area contributed by atoms with E-state index in [1.54, 1.807) is 6.33 Å². The van der Waals surface area contributed by atoms with Crippen LogP contribution in [0.15, 0.2) is 12.4 Å². The molecule has 0 aliphatic carbocycles. The smallest absolute Gasteiger partial charge is 0.246 e. The first-order valence-corrected chi connectivity index (χ1v) is 7.80. The number of nitrogens with zero attached hydrogens (tertiary/aromatic N) is 4. The van der Waals surface area contributed by atoms with Gasteiger partial charge in [-0.2, -0.15) is 5.10 Å². The van der Waals surface area contributed by atoms with Crippen molar-refractivity contribution in [3.8, 4) is 0 Å². The number of rotatable bonds is 1. The fourth-order valence-electron chi connectivity index (χ4n) is 3.40. The molecule has 2 aromatic heterocycles. The largest absolute Gasteiger partial charge is 0.348 e. The number of aromatic nitrogens is 4. The molecule has 0 saturated heterocycles. The highest BCUT2D eigenvalue weighted by molar-refractivity contribution is 5.83. The molecule has 4 rings (SSSR count). The number of carbonyl (C=O) groups excluding carboxylic acids is 1. The predicted octanol–water partition coefficient (Wildman–Crippen LogP) is 0.534. The number of nitrogens with one attached hydrogen (secondary N) is 2. The molecular formula is C15H20N6O. The van der Waals surface area contributed by atoms with E-state index in [2.05, 4.69) is 26.4 Å². The van der Waals surface area contributed by atoms with Gasteiger partial charge in [0.2, 0.25) is 5.91 Å². The van der Waals surface area contributed by atoms with E-state index in [9.17, 15) is 4.79 Å². The maximum absolute atomic E-state index is 13.0. The number of carbonyl (C=O) groups is 1. The monoisotopic (exact) mass is 300 g/mol. The maximum atomic E-state index is 13.0. The van der Waals surface area contributed by atoms with Crippen molar-refractivity contribution < 1.29 is 4.79 Å². The third-order valence-electron chi connectivity index (χ3n) is 4.44. The lowest BCUT2D eigenvalue weighted by Gasteiger charge is -2.28. The van der Waals surface area contributed by atoms with Crippen LogP contribution in [0.25, 0.3) is 0 Å². The van der Waals surface area contributed by atoms with E-state index in [1.807, 2.05) is 16.5 Å². The lowest BCUT2D eigenvalue weighted by atomic mass is 10.0. The fourth-order valence-corrected chi connectivity index (χ4v) is 3.40. The van der Waals surface area contributed by atoms with E-state index in [0.717, 1.165) is 55.3 Å². The van der Waals surface area contributed by atoms with Crippen LogP contribution in [0, 0.1) is 6.92 Å². The van der Waals surface area contributed by atoms with Crippen LogP contribution < -0.4 is 5.32 Å². The van der Waals surface area contributed by atoms with E-state index in [1.165, 1.54) is 0 Å². The van der Waals surface area contributed by atoms with Crippen LogP contribution in [0.1, 0.15) is 35.2 Å². The molecule has 2 aliphatic rings. The van der Waals surface area contributed by atoms with Crippen molar-refractivity contribution in [3.05, 3.63) is 35.2 Å². The molecule has 2 aromatic rings.